The fraction of sp³-hybridized carbons (Fsp3) is 0.533. The van der Waals surface area contributed by atoms with Crippen molar-refractivity contribution < 1.29 is 33.8 Å². The molecule has 0 aromatic heterocycles. The number of allylic oxidation sites excluding steroid dienone is 1. The molecule has 6 atom stereocenters. The molecule has 10 nitrogen and oxygen atoms in total. The molecule has 5 bridgehead atoms. The summed E-state index contributed by atoms with van der Waals surface area (Å²) in [5, 5.41) is 12.2. The van der Waals surface area contributed by atoms with Gasteiger partial charge in [0.25, 0.3) is 0 Å². The highest BCUT2D eigenvalue weighted by molar-refractivity contribution is 5.99. The molecule has 0 saturated carbocycles. The van der Waals surface area contributed by atoms with E-state index in [1.165, 1.54) is 0 Å². The molecular formula is C30H37N3O7. The molecule has 214 valence electrons. The largest absolute Gasteiger partial charge is 0.460 e. The van der Waals surface area contributed by atoms with E-state index in [1.807, 2.05) is 42.5 Å². The summed E-state index contributed by atoms with van der Waals surface area (Å²) >= 11 is 0. The van der Waals surface area contributed by atoms with Crippen LogP contribution in [-0.2, 0) is 35.2 Å². The molecule has 5 rings (SSSR count). The number of likely N-dealkylation sites (tertiary alicyclic amines) is 1. The van der Waals surface area contributed by atoms with Gasteiger partial charge in [-0.15, -0.1) is 0 Å². The van der Waals surface area contributed by atoms with E-state index in [4.69, 9.17) is 9.47 Å². The molecule has 3 amide bonds. The molecule has 1 aromatic carbocycles. The number of esters is 1. The van der Waals surface area contributed by atoms with Gasteiger partial charge < -0.3 is 29.7 Å². The fourth-order valence-corrected chi connectivity index (χ4v) is 6.26. The number of nitrogens with zero attached hydrogens (tertiary/aromatic N) is 2. The number of carbonyl (C=O) groups is 4. The van der Waals surface area contributed by atoms with Gasteiger partial charge in [-0.3, -0.25) is 19.2 Å². The quantitative estimate of drug-likeness (QED) is 0.311. The maximum Gasteiger partial charge on any atom is 0.313 e. The normalized spacial score (nSPS) is 33.2. The average Bonchev–Trinajstić information content (AvgIpc) is 3.58. The number of aliphatic hydroxyl groups excluding tert-OH is 1. The summed E-state index contributed by atoms with van der Waals surface area (Å²) in [6.07, 6.45) is 7.76. The lowest BCUT2D eigenvalue weighted by molar-refractivity contribution is -0.158. The summed E-state index contributed by atoms with van der Waals surface area (Å²) in [6.45, 7) is 2.68. The van der Waals surface area contributed by atoms with Crippen molar-refractivity contribution in [1.29, 1.82) is 0 Å². The van der Waals surface area contributed by atoms with E-state index in [9.17, 15) is 24.3 Å². The molecule has 0 radical (unpaired) electrons. The van der Waals surface area contributed by atoms with Crippen LogP contribution in [0.1, 0.15) is 38.2 Å². The van der Waals surface area contributed by atoms with Crippen LogP contribution < -0.4 is 5.32 Å². The highest BCUT2D eigenvalue weighted by atomic mass is 16.6. The fourth-order valence-electron chi connectivity index (χ4n) is 6.26. The number of amides is 3. The minimum absolute atomic E-state index is 0.0258. The number of hydrogen-bond acceptors (Lipinski definition) is 7. The second-order valence-corrected chi connectivity index (χ2v) is 10.9. The number of nitrogens with one attached hydrogen (secondary N) is 1. The Hall–Kier alpha value is -3.50. The van der Waals surface area contributed by atoms with E-state index in [2.05, 4.69) is 5.32 Å². The van der Waals surface area contributed by atoms with Gasteiger partial charge in [-0.05, 0) is 31.7 Å². The van der Waals surface area contributed by atoms with Crippen LogP contribution in [0.25, 0.3) is 0 Å². The zero-order valence-electron chi connectivity index (χ0n) is 22.7. The second-order valence-electron chi connectivity index (χ2n) is 10.9. The minimum atomic E-state index is -1.29. The van der Waals surface area contributed by atoms with Crippen molar-refractivity contribution in [3.8, 4) is 0 Å². The summed E-state index contributed by atoms with van der Waals surface area (Å²) in [6, 6.07) is 8.64. The molecule has 1 aromatic rings. The van der Waals surface area contributed by atoms with Crippen LogP contribution >= 0.6 is 0 Å². The maximum absolute atomic E-state index is 14.5. The molecular weight excluding hydrogens is 514 g/mol. The number of fused-ring (bicyclic) bond motifs is 2. The molecule has 2 saturated heterocycles. The Labute approximate surface area is 234 Å². The molecule has 10 heteroatoms. The summed E-state index contributed by atoms with van der Waals surface area (Å²) in [5.74, 6) is -3.12. The van der Waals surface area contributed by atoms with E-state index in [1.54, 1.807) is 28.9 Å². The first-order valence-corrected chi connectivity index (χ1v) is 14.1. The van der Waals surface area contributed by atoms with Gasteiger partial charge in [0, 0.05) is 32.7 Å². The number of carbonyl (C=O) groups excluding carboxylic acids is 4. The Morgan fingerprint density at radius 2 is 1.88 bits per heavy atom. The molecule has 0 aliphatic carbocycles. The zero-order valence-corrected chi connectivity index (χ0v) is 22.7. The van der Waals surface area contributed by atoms with Crippen LogP contribution in [0, 0.1) is 11.8 Å². The minimum Gasteiger partial charge on any atom is -0.460 e. The van der Waals surface area contributed by atoms with Crippen LogP contribution in [0.2, 0.25) is 0 Å². The maximum atomic E-state index is 14.5. The van der Waals surface area contributed by atoms with Crippen LogP contribution in [-0.4, -0.2) is 88.7 Å². The molecule has 4 aliphatic rings. The number of hydrogen-bond donors (Lipinski definition) is 2. The van der Waals surface area contributed by atoms with Gasteiger partial charge in [-0.1, -0.05) is 54.6 Å². The molecule has 4 heterocycles. The lowest BCUT2D eigenvalue weighted by atomic mass is 9.74. The third kappa shape index (κ3) is 5.30. The van der Waals surface area contributed by atoms with Crippen molar-refractivity contribution in [3.05, 3.63) is 60.2 Å². The summed E-state index contributed by atoms with van der Waals surface area (Å²) in [7, 11) is 0. The Bertz CT molecular complexity index is 1190. The predicted octanol–water partition coefficient (Wildman–Crippen LogP) is 1.34. The number of benzene rings is 1. The van der Waals surface area contributed by atoms with Crippen molar-refractivity contribution in [2.45, 2.75) is 63.0 Å². The van der Waals surface area contributed by atoms with E-state index < -0.39 is 41.7 Å². The lowest BCUT2D eigenvalue weighted by Gasteiger charge is -2.36. The third-order valence-corrected chi connectivity index (χ3v) is 8.15. The first-order valence-electron chi connectivity index (χ1n) is 14.1. The van der Waals surface area contributed by atoms with Crippen molar-refractivity contribution in [3.63, 3.8) is 0 Å². The Balaban J connectivity index is 1.53. The second kappa shape index (κ2) is 11.9. The van der Waals surface area contributed by atoms with Crippen LogP contribution in [0.3, 0.4) is 0 Å². The molecule has 4 aliphatic heterocycles. The average molecular weight is 552 g/mol. The Morgan fingerprint density at radius 3 is 2.65 bits per heavy atom. The van der Waals surface area contributed by atoms with Crippen molar-refractivity contribution in [2.24, 2.45) is 11.8 Å². The van der Waals surface area contributed by atoms with E-state index >= 15 is 0 Å². The highest BCUT2D eigenvalue weighted by Gasteiger charge is 2.73. The predicted molar refractivity (Wildman–Crippen MR) is 144 cm³/mol. The monoisotopic (exact) mass is 551 g/mol. The first-order chi connectivity index (χ1) is 19.4. The van der Waals surface area contributed by atoms with Gasteiger partial charge in [-0.2, -0.15) is 0 Å². The van der Waals surface area contributed by atoms with Gasteiger partial charge >= 0.3 is 5.97 Å². The summed E-state index contributed by atoms with van der Waals surface area (Å²) < 4.78 is 12.1. The van der Waals surface area contributed by atoms with Gasteiger partial charge in [0.2, 0.25) is 17.7 Å². The smallest absolute Gasteiger partial charge is 0.313 e. The van der Waals surface area contributed by atoms with Gasteiger partial charge in [0.15, 0.2) is 0 Å². The zero-order chi connectivity index (χ0) is 28.3. The van der Waals surface area contributed by atoms with Crippen molar-refractivity contribution >= 4 is 23.7 Å². The number of aliphatic hydroxyl groups is 1. The molecule has 0 unspecified atom stereocenters. The summed E-state index contributed by atoms with van der Waals surface area (Å²) in [5.41, 5.74) is -0.353. The van der Waals surface area contributed by atoms with Crippen LogP contribution in [0.4, 0.5) is 0 Å². The van der Waals surface area contributed by atoms with Gasteiger partial charge in [0.05, 0.1) is 18.6 Å². The van der Waals surface area contributed by atoms with Gasteiger partial charge in [0.1, 0.15) is 23.7 Å². The van der Waals surface area contributed by atoms with E-state index in [0.29, 0.717) is 25.8 Å². The van der Waals surface area contributed by atoms with E-state index in [-0.39, 0.29) is 50.4 Å². The SMILES string of the molecule is C[C@H]1CNC(=O)CC/C=C\CN(Cc2ccccc2)C(=O)[C@H]2N(CCCCO)C(=O)[C@@H]3[C@@H](C(=O)O1)[C@H]1C=C[C@]32O1. The van der Waals surface area contributed by atoms with Gasteiger partial charge in [-0.25, -0.2) is 0 Å². The molecule has 2 N–H and O–H groups in total. The van der Waals surface area contributed by atoms with Crippen LogP contribution in [0.5, 0.6) is 0 Å². The van der Waals surface area contributed by atoms with E-state index in [0.717, 1.165) is 5.56 Å². The number of cyclic esters (lactones) is 1. The third-order valence-electron chi connectivity index (χ3n) is 8.15. The van der Waals surface area contributed by atoms with Crippen LogP contribution in [0.15, 0.2) is 54.6 Å². The molecule has 40 heavy (non-hydrogen) atoms. The Kier molecular flexibility index (Phi) is 8.37. The summed E-state index contributed by atoms with van der Waals surface area (Å²) in [4.78, 5) is 57.4. The highest BCUT2D eigenvalue weighted by Crippen LogP contribution is 2.55. The Morgan fingerprint density at radius 1 is 1.07 bits per heavy atom. The molecule has 1 spiro atoms. The first kappa shape index (κ1) is 28.0. The molecule has 2 fully saturated rings. The van der Waals surface area contributed by atoms with Crippen molar-refractivity contribution in [1.82, 2.24) is 15.1 Å². The number of ether oxygens (including phenoxy) is 2. The van der Waals surface area contributed by atoms with Crippen molar-refractivity contribution in [2.75, 3.05) is 26.2 Å². The number of unbranched alkanes of at least 4 members (excludes halogenated alkanes) is 1. The topological polar surface area (TPSA) is 125 Å². The lowest BCUT2D eigenvalue weighted by Crippen LogP contribution is -2.55. The number of rotatable bonds is 6. The standard InChI is InChI=1S/C30H37N3O7/c1-20-18-31-23(35)12-6-3-7-15-32(19-21-10-4-2-5-11-21)28(37)26-30-14-13-22(40-30)24(29(38)39-20)25(30)27(36)33(26)16-8-9-17-34/h2-5,7,10-11,13-14,20,22,24-26,34H,6,8-9,12,15-19H2,1H3,(H,31,35)/b7-3-/t20-,22+,24-,25-,26+,30-/m0/s1.